The van der Waals surface area contributed by atoms with E-state index in [9.17, 15) is 4.79 Å². The second kappa shape index (κ2) is 5.79. The molecule has 0 aliphatic carbocycles. The maximum atomic E-state index is 10.8. The van der Waals surface area contributed by atoms with Crippen LogP contribution in [0.1, 0.15) is 5.56 Å². The lowest BCUT2D eigenvalue weighted by molar-refractivity contribution is -0.135. The third-order valence-electron chi connectivity index (χ3n) is 2.14. The van der Waals surface area contributed by atoms with Gasteiger partial charge in [-0.05, 0) is 23.8 Å². The lowest BCUT2D eigenvalue weighted by atomic mass is 10.2. The minimum Gasteiger partial charge on any atom is -0.493 e. The first-order chi connectivity index (χ1) is 8.12. The van der Waals surface area contributed by atoms with Crippen molar-refractivity contribution in [1.29, 1.82) is 0 Å². The Morgan fingerprint density at radius 2 is 1.82 bits per heavy atom. The van der Waals surface area contributed by atoms with Crippen LogP contribution in [0.4, 0.5) is 0 Å². The van der Waals surface area contributed by atoms with Gasteiger partial charge in [0.05, 0.1) is 21.3 Å². The van der Waals surface area contributed by atoms with Gasteiger partial charge in [-0.3, -0.25) is 0 Å². The molecule has 1 aromatic carbocycles. The molecule has 0 heterocycles. The molecular formula is C12H14O5. The smallest absolute Gasteiger partial charge is 0.371 e. The average Bonchev–Trinajstić information content (AvgIpc) is 2.35. The fourth-order valence-electron chi connectivity index (χ4n) is 1.30. The molecule has 0 saturated carbocycles. The van der Waals surface area contributed by atoms with Crippen LogP contribution in [0.15, 0.2) is 24.0 Å². The zero-order valence-electron chi connectivity index (χ0n) is 9.89. The van der Waals surface area contributed by atoms with Gasteiger partial charge in [-0.25, -0.2) is 4.79 Å². The van der Waals surface area contributed by atoms with Crippen LogP contribution in [0.25, 0.3) is 6.08 Å². The molecule has 1 aromatic rings. The molecule has 0 radical (unpaired) electrons. The number of benzene rings is 1. The van der Waals surface area contributed by atoms with Gasteiger partial charge in [-0.15, -0.1) is 0 Å². The fourth-order valence-corrected chi connectivity index (χ4v) is 1.30. The van der Waals surface area contributed by atoms with E-state index in [0.29, 0.717) is 17.1 Å². The Morgan fingerprint density at radius 3 is 2.29 bits per heavy atom. The molecule has 0 unspecified atom stereocenters. The number of carboxylic acids is 1. The van der Waals surface area contributed by atoms with Gasteiger partial charge in [-0.1, -0.05) is 6.07 Å². The zero-order valence-corrected chi connectivity index (χ0v) is 9.89. The van der Waals surface area contributed by atoms with Crippen LogP contribution in [0.3, 0.4) is 0 Å². The van der Waals surface area contributed by atoms with Crippen LogP contribution < -0.4 is 9.47 Å². The molecule has 5 nitrogen and oxygen atoms in total. The van der Waals surface area contributed by atoms with Crippen molar-refractivity contribution >= 4 is 12.0 Å². The van der Waals surface area contributed by atoms with Gasteiger partial charge in [-0.2, -0.15) is 0 Å². The van der Waals surface area contributed by atoms with E-state index >= 15 is 0 Å². The highest BCUT2D eigenvalue weighted by atomic mass is 16.5. The molecule has 0 aliphatic heterocycles. The van der Waals surface area contributed by atoms with E-state index in [1.165, 1.54) is 27.4 Å². The second-order valence-electron chi connectivity index (χ2n) is 3.13. The van der Waals surface area contributed by atoms with E-state index in [2.05, 4.69) is 0 Å². The Labute approximate surface area is 99.2 Å². The van der Waals surface area contributed by atoms with Crippen molar-refractivity contribution in [3.8, 4) is 11.5 Å². The van der Waals surface area contributed by atoms with Gasteiger partial charge < -0.3 is 19.3 Å². The molecule has 0 aliphatic rings. The Hall–Kier alpha value is -2.17. The monoisotopic (exact) mass is 238 g/mol. The third kappa shape index (κ3) is 3.14. The third-order valence-corrected chi connectivity index (χ3v) is 2.14. The topological polar surface area (TPSA) is 65.0 Å². The van der Waals surface area contributed by atoms with E-state index in [4.69, 9.17) is 19.3 Å². The van der Waals surface area contributed by atoms with E-state index in [-0.39, 0.29) is 5.76 Å². The SMILES string of the molecule is COC(=Cc1ccc(OC)c(OC)c1)C(=O)O. The summed E-state index contributed by atoms with van der Waals surface area (Å²) >= 11 is 0. The molecule has 0 spiro atoms. The van der Waals surface area contributed by atoms with E-state index in [1.54, 1.807) is 18.2 Å². The lowest BCUT2D eigenvalue weighted by Crippen LogP contribution is -2.02. The molecular weight excluding hydrogens is 224 g/mol. The molecule has 1 N–H and O–H groups in total. The van der Waals surface area contributed by atoms with Crippen molar-refractivity contribution in [3.63, 3.8) is 0 Å². The first kappa shape index (κ1) is 12.9. The minimum absolute atomic E-state index is 0.141. The minimum atomic E-state index is -1.12. The summed E-state index contributed by atoms with van der Waals surface area (Å²) in [7, 11) is 4.35. The molecule has 0 bridgehead atoms. The molecule has 5 heteroatoms. The highest BCUT2D eigenvalue weighted by Gasteiger charge is 2.08. The molecule has 0 amide bonds. The summed E-state index contributed by atoms with van der Waals surface area (Å²) in [6.07, 6.45) is 1.41. The Balaban J connectivity index is 3.11. The average molecular weight is 238 g/mol. The molecule has 0 saturated heterocycles. The van der Waals surface area contributed by atoms with Crippen LogP contribution >= 0.6 is 0 Å². The van der Waals surface area contributed by atoms with Crippen molar-refractivity contribution in [2.45, 2.75) is 0 Å². The summed E-state index contributed by atoms with van der Waals surface area (Å²) in [4.78, 5) is 10.8. The van der Waals surface area contributed by atoms with E-state index in [1.807, 2.05) is 0 Å². The fraction of sp³-hybridized carbons (Fsp3) is 0.250. The van der Waals surface area contributed by atoms with Gasteiger partial charge in [0, 0.05) is 0 Å². The van der Waals surface area contributed by atoms with Crippen LogP contribution in [0, 0.1) is 0 Å². The number of hydrogen-bond donors (Lipinski definition) is 1. The van der Waals surface area contributed by atoms with Gasteiger partial charge in [0.2, 0.25) is 5.76 Å². The first-order valence-corrected chi connectivity index (χ1v) is 4.83. The molecule has 17 heavy (non-hydrogen) atoms. The summed E-state index contributed by atoms with van der Waals surface area (Å²) in [5.41, 5.74) is 0.655. The van der Waals surface area contributed by atoms with Crippen LogP contribution in [0.2, 0.25) is 0 Å². The number of ether oxygens (including phenoxy) is 3. The van der Waals surface area contributed by atoms with E-state index in [0.717, 1.165) is 0 Å². The quantitative estimate of drug-likeness (QED) is 0.625. The summed E-state index contributed by atoms with van der Waals surface area (Å²) in [6.45, 7) is 0. The first-order valence-electron chi connectivity index (χ1n) is 4.83. The summed E-state index contributed by atoms with van der Waals surface area (Å²) in [5, 5.41) is 8.81. The molecule has 0 fully saturated rings. The van der Waals surface area contributed by atoms with Crippen LogP contribution in [-0.2, 0) is 9.53 Å². The molecule has 1 rings (SSSR count). The summed E-state index contributed by atoms with van der Waals surface area (Å²) in [5.74, 6) is -0.152. The second-order valence-corrected chi connectivity index (χ2v) is 3.13. The number of rotatable bonds is 5. The van der Waals surface area contributed by atoms with E-state index < -0.39 is 5.97 Å². The largest absolute Gasteiger partial charge is 0.493 e. The zero-order chi connectivity index (χ0) is 12.8. The number of hydrogen-bond acceptors (Lipinski definition) is 4. The van der Waals surface area contributed by atoms with Crippen molar-refractivity contribution < 1.29 is 24.1 Å². The van der Waals surface area contributed by atoms with Crippen LogP contribution in [0.5, 0.6) is 11.5 Å². The Kier molecular flexibility index (Phi) is 4.39. The molecule has 92 valence electrons. The van der Waals surface area contributed by atoms with Gasteiger partial charge in [0.25, 0.3) is 0 Å². The number of aliphatic carboxylic acids is 1. The maximum Gasteiger partial charge on any atom is 0.371 e. The predicted molar refractivity (Wildman–Crippen MR) is 62.2 cm³/mol. The lowest BCUT2D eigenvalue weighted by Gasteiger charge is -2.08. The summed E-state index contributed by atoms with van der Waals surface area (Å²) < 4.78 is 14.9. The number of methoxy groups -OCH3 is 3. The molecule has 0 aromatic heterocycles. The number of carboxylic acid groups (broad SMARTS) is 1. The Bertz CT molecular complexity index is 437. The Morgan fingerprint density at radius 1 is 1.18 bits per heavy atom. The standard InChI is InChI=1S/C12H14O5/c1-15-9-5-4-8(6-10(9)16-2)7-11(17-3)12(13)14/h4-7H,1-3H3,(H,13,14). The van der Waals surface area contributed by atoms with Crippen molar-refractivity contribution in [2.75, 3.05) is 21.3 Å². The maximum absolute atomic E-state index is 10.8. The predicted octanol–water partition coefficient (Wildman–Crippen LogP) is 1.78. The van der Waals surface area contributed by atoms with Crippen molar-refractivity contribution in [2.24, 2.45) is 0 Å². The van der Waals surface area contributed by atoms with Crippen molar-refractivity contribution in [3.05, 3.63) is 29.5 Å². The normalized spacial score (nSPS) is 10.9. The van der Waals surface area contributed by atoms with Gasteiger partial charge in [0.1, 0.15) is 0 Å². The van der Waals surface area contributed by atoms with Gasteiger partial charge in [0.15, 0.2) is 11.5 Å². The highest BCUT2D eigenvalue weighted by molar-refractivity contribution is 5.89. The van der Waals surface area contributed by atoms with Crippen LogP contribution in [-0.4, -0.2) is 32.4 Å². The number of carbonyl (C=O) groups is 1. The molecule has 0 atom stereocenters. The van der Waals surface area contributed by atoms with Gasteiger partial charge >= 0.3 is 5.97 Å². The highest BCUT2D eigenvalue weighted by Crippen LogP contribution is 2.28. The summed E-state index contributed by atoms with van der Waals surface area (Å²) in [6, 6.07) is 5.07. The van der Waals surface area contributed by atoms with Crippen molar-refractivity contribution in [1.82, 2.24) is 0 Å².